The van der Waals surface area contributed by atoms with Crippen LogP contribution in [0.3, 0.4) is 0 Å². The molecule has 0 aliphatic heterocycles. The molecule has 18 heavy (non-hydrogen) atoms. The van der Waals surface area contributed by atoms with E-state index in [1.807, 2.05) is 0 Å². The van der Waals surface area contributed by atoms with Gasteiger partial charge in [0.05, 0.1) is 6.61 Å². The summed E-state index contributed by atoms with van der Waals surface area (Å²) in [6, 6.07) is 6.54. The largest absolute Gasteiger partial charge is 0.493 e. The number of alkyl halides is 1. The van der Waals surface area contributed by atoms with Crippen LogP contribution in [0.4, 0.5) is 0 Å². The van der Waals surface area contributed by atoms with Crippen LogP contribution in [0.1, 0.15) is 50.7 Å². The highest BCUT2D eigenvalue weighted by Crippen LogP contribution is 2.24. The zero-order valence-corrected chi connectivity index (χ0v) is 13.6. The van der Waals surface area contributed by atoms with Crippen molar-refractivity contribution in [2.45, 2.75) is 46.5 Å². The third-order valence-corrected chi connectivity index (χ3v) is 3.81. The number of ether oxygens (including phenoxy) is 1. The monoisotopic (exact) mass is 312 g/mol. The van der Waals surface area contributed by atoms with Crippen molar-refractivity contribution < 1.29 is 4.74 Å². The second-order valence-electron chi connectivity index (χ2n) is 5.40. The minimum Gasteiger partial charge on any atom is -0.493 e. The molecule has 0 aromatic heterocycles. The van der Waals surface area contributed by atoms with Crippen molar-refractivity contribution in [3.8, 4) is 5.75 Å². The highest BCUT2D eigenvalue weighted by atomic mass is 79.9. The molecule has 2 heteroatoms. The van der Waals surface area contributed by atoms with Gasteiger partial charge in [0.2, 0.25) is 0 Å². The number of rotatable bonds is 7. The quantitative estimate of drug-likeness (QED) is 0.620. The molecule has 0 heterocycles. The van der Waals surface area contributed by atoms with Gasteiger partial charge in [0, 0.05) is 5.33 Å². The second kappa shape index (κ2) is 7.83. The lowest BCUT2D eigenvalue weighted by atomic mass is 10.0. The van der Waals surface area contributed by atoms with Crippen LogP contribution in [-0.4, -0.2) is 11.9 Å². The van der Waals surface area contributed by atoms with Crippen molar-refractivity contribution in [2.75, 3.05) is 11.9 Å². The van der Waals surface area contributed by atoms with Crippen LogP contribution >= 0.6 is 15.9 Å². The smallest absolute Gasteiger partial charge is 0.122 e. The number of halogens is 1. The topological polar surface area (TPSA) is 9.23 Å². The Bertz CT molecular complexity index is 360. The summed E-state index contributed by atoms with van der Waals surface area (Å²) in [5, 5.41) is 1.08. The van der Waals surface area contributed by atoms with Crippen LogP contribution in [-0.2, 0) is 0 Å². The maximum Gasteiger partial charge on any atom is 0.122 e. The highest BCUT2D eigenvalue weighted by Gasteiger charge is 2.06. The first-order valence-corrected chi connectivity index (χ1v) is 7.96. The molecular weight excluding hydrogens is 288 g/mol. The number of hydrogen-bond acceptors (Lipinski definition) is 1. The van der Waals surface area contributed by atoms with Gasteiger partial charge in [0.15, 0.2) is 0 Å². The Hall–Kier alpha value is -0.500. The second-order valence-corrected chi connectivity index (χ2v) is 6.19. The van der Waals surface area contributed by atoms with E-state index >= 15 is 0 Å². The highest BCUT2D eigenvalue weighted by molar-refractivity contribution is 9.09. The number of benzene rings is 1. The first-order chi connectivity index (χ1) is 8.54. The summed E-state index contributed by atoms with van der Waals surface area (Å²) in [4.78, 5) is 0. The van der Waals surface area contributed by atoms with Crippen molar-refractivity contribution in [3.63, 3.8) is 0 Å². The summed E-state index contributed by atoms with van der Waals surface area (Å²) < 4.78 is 5.93. The summed E-state index contributed by atoms with van der Waals surface area (Å²) in [5.41, 5.74) is 2.58. The lowest BCUT2D eigenvalue weighted by Crippen LogP contribution is -2.05. The summed E-state index contributed by atoms with van der Waals surface area (Å²) >= 11 is 3.48. The van der Waals surface area contributed by atoms with Crippen molar-refractivity contribution in [3.05, 3.63) is 29.3 Å². The molecule has 0 saturated heterocycles. The molecule has 1 aromatic carbocycles. The third-order valence-electron chi connectivity index (χ3n) is 3.35. The number of hydrogen-bond donors (Lipinski definition) is 0. The van der Waals surface area contributed by atoms with Gasteiger partial charge in [-0.25, -0.2) is 0 Å². The third kappa shape index (κ3) is 5.01. The Morgan fingerprint density at radius 2 is 1.89 bits per heavy atom. The van der Waals surface area contributed by atoms with Crippen molar-refractivity contribution >= 4 is 15.9 Å². The molecule has 0 aliphatic carbocycles. The fourth-order valence-corrected chi connectivity index (χ4v) is 2.61. The van der Waals surface area contributed by atoms with Gasteiger partial charge in [-0.05, 0) is 48.8 Å². The standard InChI is InChI=1S/C16H25BrO/c1-12(2)15-6-5-14(4)16(11-15)18-10-8-13(3)7-9-17/h5-6,11-13H,7-10H2,1-4H3. The Balaban J connectivity index is 2.53. The van der Waals surface area contributed by atoms with E-state index in [9.17, 15) is 0 Å². The van der Waals surface area contributed by atoms with Crippen molar-refractivity contribution in [1.29, 1.82) is 0 Å². The average Bonchev–Trinajstić information content (AvgIpc) is 2.31. The van der Waals surface area contributed by atoms with E-state index in [-0.39, 0.29) is 0 Å². The molecule has 0 bridgehead atoms. The fourth-order valence-electron chi connectivity index (χ4n) is 1.83. The summed E-state index contributed by atoms with van der Waals surface area (Å²) in [6.45, 7) is 9.64. The van der Waals surface area contributed by atoms with Crippen LogP contribution in [0.5, 0.6) is 5.75 Å². The van der Waals surface area contributed by atoms with E-state index in [1.54, 1.807) is 0 Å². The molecule has 0 spiro atoms. The molecule has 102 valence electrons. The zero-order chi connectivity index (χ0) is 13.5. The average molecular weight is 313 g/mol. The number of aryl methyl sites for hydroxylation is 1. The van der Waals surface area contributed by atoms with Gasteiger partial charge in [0.25, 0.3) is 0 Å². The Labute approximate surface area is 120 Å². The van der Waals surface area contributed by atoms with E-state index in [1.165, 1.54) is 17.5 Å². The first kappa shape index (κ1) is 15.6. The molecule has 0 fully saturated rings. The van der Waals surface area contributed by atoms with E-state index < -0.39 is 0 Å². The SMILES string of the molecule is Cc1ccc(C(C)C)cc1OCCC(C)CCBr. The normalized spacial score (nSPS) is 12.8. The van der Waals surface area contributed by atoms with Crippen molar-refractivity contribution in [2.24, 2.45) is 5.92 Å². The van der Waals surface area contributed by atoms with Crippen LogP contribution < -0.4 is 4.74 Å². The van der Waals surface area contributed by atoms with Gasteiger partial charge in [-0.2, -0.15) is 0 Å². The molecule has 1 atom stereocenters. The molecule has 1 unspecified atom stereocenters. The van der Waals surface area contributed by atoms with Gasteiger partial charge in [-0.3, -0.25) is 0 Å². The van der Waals surface area contributed by atoms with Crippen LogP contribution in [0.25, 0.3) is 0 Å². The van der Waals surface area contributed by atoms with Crippen LogP contribution in [0.15, 0.2) is 18.2 Å². The minimum absolute atomic E-state index is 0.556. The van der Waals surface area contributed by atoms with E-state index in [4.69, 9.17) is 4.74 Å². The van der Waals surface area contributed by atoms with E-state index in [0.717, 1.165) is 30.0 Å². The molecule has 1 aromatic rings. The molecular formula is C16H25BrO. The predicted molar refractivity (Wildman–Crippen MR) is 83.0 cm³/mol. The van der Waals surface area contributed by atoms with E-state index in [2.05, 4.69) is 61.8 Å². The molecule has 0 amide bonds. The summed E-state index contributed by atoms with van der Waals surface area (Å²) in [6.07, 6.45) is 2.34. The molecule has 0 aliphatic rings. The predicted octanol–water partition coefficient (Wildman–Crippen LogP) is 5.31. The molecule has 0 saturated carbocycles. The minimum atomic E-state index is 0.556. The molecule has 1 rings (SSSR count). The Morgan fingerprint density at radius 3 is 2.50 bits per heavy atom. The van der Waals surface area contributed by atoms with Gasteiger partial charge in [-0.15, -0.1) is 0 Å². The zero-order valence-electron chi connectivity index (χ0n) is 12.0. The van der Waals surface area contributed by atoms with E-state index in [0.29, 0.717) is 5.92 Å². The van der Waals surface area contributed by atoms with Crippen LogP contribution in [0, 0.1) is 12.8 Å². The summed E-state index contributed by atoms with van der Waals surface area (Å²) in [7, 11) is 0. The van der Waals surface area contributed by atoms with Crippen LogP contribution in [0.2, 0.25) is 0 Å². The maximum atomic E-state index is 5.93. The van der Waals surface area contributed by atoms with Gasteiger partial charge in [0.1, 0.15) is 5.75 Å². The first-order valence-electron chi connectivity index (χ1n) is 6.84. The molecule has 0 radical (unpaired) electrons. The summed E-state index contributed by atoms with van der Waals surface area (Å²) in [5.74, 6) is 2.32. The Kier molecular flexibility index (Phi) is 6.77. The molecule has 1 nitrogen and oxygen atoms in total. The lowest BCUT2D eigenvalue weighted by Gasteiger charge is -2.14. The lowest BCUT2D eigenvalue weighted by molar-refractivity contribution is 0.280. The maximum absolute atomic E-state index is 5.93. The Morgan fingerprint density at radius 1 is 1.17 bits per heavy atom. The molecule has 0 N–H and O–H groups in total. The van der Waals surface area contributed by atoms with Gasteiger partial charge < -0.3 is 4.74 Å². The van der Waals surface area contributed by atoms with Gasteiger partial charge >= 0.3 is 0 Å². The van der Waals surface area contributed by atoms with Gasteiger partial charge in [-0.1, -0.05) is 48.8 Å². The fraction of sp³-hybridized carbons (Fsp3) is 0.625. The van der Waals surface area contributed by atoms with Crippen molar-refractivity contribution in [1.82, 2.24) is 0 Å².